The van der Waals surface area contributed by atoms with Crippen LogP contribution in [0.4, 0.5) is 0 Å². The van der Waals surface area contributed by atoms with Gasteiger partial charge in [0.2, 0.25) is 0 Å². The monoisotopic (exact) mass is 403 g/mol. The Hall–Kier alpha value is -2.99. The highest BCUT2D eigenvalue weighted by molar-refractivity contribution is 5.94. The van der Waals surface area contributed by atoms with Crippen molar-refractivity contribution in [1.82, 2.24) is 24.6 Å². The van der Waals surface area contributed by atoms with E-state index in [-0.39, 0.29) is 5.91 Å². The number of pyridine rings is 1. The molecule has 0 unspecified atom stereocenters. The zero-order valence-electron chi connectivity index (χ0n) is 17.5. The molecule has 0 radical (unpaired) electrons. The molecule has 0 spiro atoms. The number of rotatable bonds is 7. The summed E-state index contributed by atoms with van der Waals surface area (Å²) in [6.45, 7) is 3.79. The molecular formula is C24H29N5O. The van der Waals surface area contributed by atoms with Crippen LogP contribution in [0.1, 0.15) is 34.5 Å². The molecule has 0 saturated carbocycles. The Morgan fingerprint density at radius 3 is 2.53 bits per heavy atom. The molecule has 1 aliphatic heterocycles. The van der Waals surface area contributed by atoms with Crippen LogP contribution in [-0.2, 0) is 13.0 Å². The highest BCUT2D eigenvalue weighted by atomic mass is 16.2. The topological polar surface area (TPSA) is 54.3 Å². The summed E-state index contributed by atoms with van der Waals surface area (Å²) in [6.07, 6.45) is 8.58. The fourth-order valence-corrected chi connectivity index (χ4v) is 4.05. The number of nitrogens with zero attached hydrogens (tertiary/aromatic N) is 5. The molecule has 1 aliphatic rings. The van der Waals surface area contributed by atoms with Crippen LogP contribution in [-0.4, -0.2) is 63.2 Å². The summed E-state index contributed by atoms with van der Waals surface area (Å²) in [5.74, 6) is 0.104. The number of likely N-dealkylation sites (tertiary alicyclic amines) is 1. The van der Waals surface area contributed by atoms with E-state index in [2.05, 4.69) is 21.0 Å². The van der Waals surface area contributed by atoms with Crippen molar-refractivity contribution in [2.45, 2.75) is 31.8 Å². The lowest BCUT2D eigenvalue weighted by Gasteiger charge is -2.36. The van der Waals surface area contributed by atoms with E-state index in [4.69, 9.17) is 0 Å². The van der Waals surface area contributed by atoms with Crippen LogP contribution in [0.15, 0.2) is 67.1 Å². The van der Waals surface area contributed by atoms with Crippen LogP contribution in [0.3, 0.4) is 0 Å². The number of carbonyl (C=O) groups excluding carboxylic acids is 1. The molecule has 30 heavy (non-hydrogen) atoms. The smallest absolute Gasteiger partial charge is 0.253 e. The summed E-state index contributed by atoms with van der Waals surface area (Å²) in [5.41, 5.74) is 3.03. The van der Waals surface area contributed by atoms with Gasteiger partial charge >= 0.3 is 0 Å². The molecule has 0 N–H and O–H groups in total. The molecular weight excluding hydrogens is 374 g/mol. The number of aromatic nitrogens is 3. The van der Waals surface area contributed by atoms with E-state index in [0.717, 1.165) is 55.7 Å². The quantitative estimate of drug-likeness (QED) is 0.608. The minimum Gasteiger partial charge on any atom is -0.339 e. The van der Waals surface area contributed by atoms with Gasteiger partial charge in [-0.2, -0.15) is 5.10 Å². The van der Waals surface area contributed by atoms with Crippen molar-refractivity contribution >= 4 is 5.91 Å². The Labute approximate surface area is 178 Å². The fourth-order valence-electron chi connectivity index (χ4n) is 4.05. The third kappa shape index (κ3) is 5.13. The molecule has 1 aromatic carbocycles. The molecule has 156 valence electrons. The van der Waals surface area contributed by atoms with Crippen LogP contribution in [0.2, 0.25) is 0 Å². The molecule has 1 amide bonds. The molecule has 3 aromatic rings. The lowest BCUT2D eigenvalue weighted by Crippen LogP contribution is -2.46. The molecule has 3 heterocycles. The highest BCUT2D eigenvalue weighted by Gasteiger charge is 2.25. The van der Waals surface area contributed by atoms with Gasteiger partial charge in [-0.1, -0.05) is 18.2 Å². The summed E-state index contributed by atoms with van der Waals surface area (Å²) in [6, 6.07) is 16.2. The van der Waals surface area contributed by atoms with Gasteiger partial charge in [0.05, 0.1) is 6.54 Å². The Morgan fingerprint density at radius 2 is 1.87 bits per heavy atom. The second-order valence-corrected chi connectivity index (χ2v) is 7.96. The second kappa shape index (κ2) is 9.67. The van der Waals surface area contributed by atoms with Crippen molar-refractivity contribution in [3.05, 3.63) is 83.9 Å². The van der Waals surface area contributed by atoms with Gasteiger partial charge in [-0.25, -0.2) is 0 Å². The van der Waals surface area contributed by atoms with Crippen molar-refractivity contribution in [3.8, 4) is 0 Å². The van der Waals surface area contributed by atoms with Gasteiger partial charge in [0.15, 0.2) is 0 Å². The zero-order chi connectivity index (χ0) is 20.8. The fraction of sp³-hybridized carbons (Fsp3) is 0.375. The van der Waals surface area contributed by atoms with E-state index < -0.39 is 0 Å². The Balaban J connectivity index is 1.26. The zero-order valence-corrected chi connectivity index (χ0v) is 17.5. The summed E-state index contributed by atoms with van der Waals surface area (Å²) in [7, 11) is 1.94. The molecule has 0 atom stereocenters. The molecule has 0 bridgehead atoms. The Kier molecular flexibility index (Phi) is 6.54. The number of benzene rings is 1. The van der Waals surface area contributed by atoms with Crippen molar-refractivity contribution in [3.63, 3.8) is 0 Å². The van der Waals surface area contributed by atoms with E-state index in [1.807, 2.05) is 71.5 Å². The minimum atomic E-state index is 0.104. The van der Waals surface area contributed by atoms with Crippen molar-refractivity contribution in [2.75, 3.05) is 26.7 Å². The predicted molar refractivity (Wildman–Crippen MR) is 117 cm³/mol. The normalized spacial score (nSPS) is 15.2. The first kappa shape index (κ1) is 20.3. The average molecular weight is 404 g/mol. The summed E-state index contributed by atoms with van der Waals surface area (Å²) in [5, 5.41) is 4.23. The predicted octanol–water partition coefficient (Wildman–Crippen LogP) is 3.11. The van der Waals surface area contributed by atoms with Crippen LogP contribution < -0.4 is 0 Å². The van der Waals surface area contributed by atoms with Crippen molar-refractivity contribution in [1.29, 1.82) is 0 Å². The van der Waals surface area contributed by atoms with Gasteiger partial charge in [-0.05, 0) is 48.7 Å². The third-order valence-corrected chi connectivity index (χ3v) is 5.94. The highest BCUT2D eigenvalue weighted by Crippen LogP contribution is 2.18. The van der Waals surface area contributed by atoms with Crippen LogP contribution >= 0.6 is 0 Å². The van der Waals surface area contributed by atoms with Crippen LogP contribution in [0.25, 0.3) is 0 Å². The summed E-state index contributed by atoms with van der Waals surface area (Å²) >= 11 is 0. The lowest BCUT2D eigenvalue weighted by atomic mass is 10.0. The minimum absolute atomic E-state index is 0.104. The molecule has 2 aromatic heterocycles. The van der Waals surface area contributed by atoms with Crippen molar-refractivity contribution < 1.29 is 4.79 Å². The summed E-state index contributed by atoms with van der Waals surface area (Å²) in [4.78, 5) is 21.8. The maximum atomic E-state index is 13.0. The van der Waals surface area contributed by atoms with E-state index in [0.29, 0.717) is 12.6 Å². The molecule has 0 aliphatic carbocycles. The summed E-state index contributed by atoms with van der Waals surface area (Å²) < 4.78 is 1.88. The number of amides is 1. The molecule has 6 heteroatoms. The first-order valence-electron chi connectivity index (χ1n) is 10.6. The molecule has 4 rings (SSSR count). The number of hydrogen-bond acceptors (Lipinski definition) is 4. The third-order valence-electron chi connectivity index (χ3n) is 5.94. The molecule has 1 saturated heterocycles. The number of carbonyl (C=O) groups is 1. The van der Waals surface area contributed by atoms with Crippen molar-refractivity contribution in [2.24, 2.45) is 0 Å². The lowest BCUT2D eigenvalue weighted by molar-refractivity contribution is 0.0643. The van der Waals surface area contributed by atoms with E-state index in [1.54, 1.807) is 6.20 Å². The van der Waals surface area contributed by atoms with Gasteiger partial charge in [-0.15, -0.1) is 0 Å². The van der Waals surface area contributed by atoms with Gasteiger partial charge < -0.3 is 9.80 Å². The van der Waals surface area contributed by atoms with Gasteiger partial charge in [-0.3, -0.25) is 14.5 Å². The Bertz CT molecular complexity index is 916. The second-order valence-electron chi connectivity index (χ2n) is 7.96. The molecule has 6 nitrogen and oxygen atoms in total. The van der Waals surface area contributed by atoms with Gasteiger partial charge in [0, 0.05) is 69.0 Å². The standard InChI is InChI=1S/C24H29N5O/c1-27(23-11-17-28(18-12-23)16-10-22-5-2-3-13-25-22)24(30)21-8-6-20(7-9-21)19-29-15-4-14-26-29/h2-9,13-15,23H,10-12,16-19H2,1H3. The van der Waals surface area contributed by atoms with Crippen LogP contribution in [0.5, 0.6) is 0 Å². The number of hydrogen-bond donors (Lipinski definition) is 0. The van der Waals surface area contributed by atoms with Gasteiger partial charge in [0.1, 0.15) is 0 Å². The van der Waals surface area contributed by atoms with E-state index in [1.165, 1.54) is 0 Å². The first-order chi connectivity index (χ1) is 14.7. The number of piperidine rings is 1. The van der Waals surface area contributed by atoms with Gasteiger partial charge in [0.25, 0.3) is 5.91 Å². The first-order valence-corrected chi connectivity index (χ1v) is 10.6. The maximum absolute atomic E-state index is 13.0. The largest absolute Gasteiger partial charge is 0.339 e. The Morgan fingerprint density at radius 1 is 1.07 bits per heavy atom. The van der Waals surface area contributed by atoms with E-state index in [9.17, 15) is 4.79 Å². The SMILES string of the molecule is CN(C(=O)c1ccc(Cn2cccn2)cc1)C1CCN(CCc2ccccn2)CC1. The molecule has 1 fully saturated rings. The maximum Gasteiger partial charge on any atom is 0.253 e. The van der Waals surface area contributed by atoms with Crippen LogP contribution in [0, 0.1) is 0 Å². The van der Waals surface area contributed by atoms with E-state index >= 15 is 0 Å². The average Bonchev–Trinajstić information content (AvgIpc) is 3.31.